The molecule has 1 atom stereocenters. The number of hydrogen-bond donors (Lipinski definition) is 2. The van der Waals surface area contributed by atoms with Crippen molar-refractivity contribution < 1.29 is 18.0 Å². The van der Waals surface area contributed by atoms with Crippen molar-refractivity contribution in [3.63, 3.8) is 0 Å². The van der Waals surface area contributed by atoms with E-state index < -0.39 is 11.7 Å². The lowest BCUT2D eigenvalue weighted by atomic mass is 9.91. The number of likely N-dealkylation sites (tertiary alicyclic amines) is 1. The van der Waals surface area contributed by atoms with Crippen LogP contribution < -0.4 is 11.1 Å². The molecule has 1 aromatic carbocycles. The number of amides is 2. The van der Waals surface area contributed by atoms with Crippen LogP contribution in [0.5, 0.6) is 0 Å². The number of halogens is 3. The van der Waals surface area contributed by atoms with Crippen LogP contribution in [0.3, 0.4) is 0 Å². The number of carbonyl (C=O) groups is 1. The Morgan fingerprint density at radius 2 is 1.82 bits per heavy atom. The number of benzene rings is 1. The smallest absolute Gasteiger partial charge is 0.328 e. The molecule has 1 fully saturated rings. The minimum Gasteiger partial charge on any atom is -0.328 e. The molecule has 1 saturated heterocycles. The highest BCUT2D eigenvalue weighted by Gasteiger charge is 2.30. The van der Waals surface area contributed by atoms with Gasteiger partial charge in [0.15, 0.2) is 0 Å². The average molecular weight is 315 g/mol. The second kappa shape index (κ2) is 6.56. The number of carbonyl (C=O) groups excluding carboxylic acids is 1. The van der Waals surface area contributed by atoms with Gasteiger partial charge >= 0.3 is 12.2 Å². The molecule has 1 aliphatic heterocycles. The Labute approximate surface area is 127 Å². The number of rotatable bonds is 2. The van der Waals surface area contributed by atoms with Crippen molar-refractivity contribution in [3.8, 4) is 0 Å². The zero-order valence-electron chi connectivity index (χ0n) is 12.4. The molecule has 2 amide bonds. The first-order valence-corrected chi connectivity index (χ1v) is 7.26. The Balaban J connectivity index is 1.90. The number of piperidine rings is 1. The largest absolute Gasteiger partial charge is 0.416 e. The van der Waals surface area contributed by atoms with Crippen molar-refractivity contribution in [3.05, 3.63) is 29.8 Å². The molecule has 0 radical (unpaired) electrons. The predicted octanol–water partition coefficient (Wildman–Crippen LogP) is 3.30. The van der Waals surface area contributed by atoms with Crippen LogP contribution in [0.2, 0.25) is 0 Å². The fraction of sp³-hybridized carbons (Fsp3) is 0.533. The number of nitrogens with zero attached hydrogens (tertiary/aromatic N) is 1. The second-order valence-corrected chi connectivity index (χ2v) is 5.69. The van der Waals surface area contributed by atoms with Gasteiger partial charge in [0.2, 0.25) is 0 Å². The highest BCUT2D eigenvalue weighted by Crippen LogP contribution is 2.30. The van der Waals surface area contributed by atoms with Gasteiger partial charge in [-0.1, -0.05) is 0 Å². The normalized spacial score (nSPS) is 18.1. The van der Waals surface area contributed by atoms with Crippen molar-refractivity contribution in [1.82, 2.24) is 4.90 Å². The number of nitrogens with one attached hydrogen (secondary N) is 1. The van der Waals surface area contributed by atoms with Crippen molar-refractivity contribution in [2.75, 3.05) is 18.4 Å². The van der Waals surface area contributed by atoms with Gasteiger partial charge in [-0.2, -0.15) is 13.2 Å². The lowest BCUT2D eigenvalue weighted by Crippen LogP contribution is -2.44. The first kappa shape index (κ1) is 16.6. The Kier molecular flexibility index (Phi) is 4.95. The van der Waals surface area contributed by atoms with E-state index in [1.165, 1.54) is 12.1 Å². The fourth-order valence-electron chi connectivity index (χ4n) is 2.57. The van der Waals surface area contributed by atoms with Crippen LogP contribution in [0.25, 0.3) is 0 Å². The summed E-state index contributed by atoms with van der Waals surface area (Å²) in [6, 6.07) is 4.25. The maximum Gasteiger partial charge on any atom is 0.416 e. The van der Waals surface area contributed by atoms with Gasteiger partial charge in [-0.05, 0) is 49.9 Å². The van der Waals surface area contributed by atoms with Gasteiger partial charge in [0, 0.05) is 24.8 Å². The van der Waals surface area contributed by atoms with Gasteiger partial charge in [0.05, 0.1) is 5.56 Å². The highest BCUT2D eigenvalue weighted by atomic mass is 19.4. The fourth-order valence-corrected chi connectivity index (χ4v) is 2.57. The van der Waals surface area contributed by atoms with Crippen LogP contribution in [0.1, 0.15) is 25.3 Å². The molecule has 0 spiro atoms. The summed E-state index contributed by atoms with van der Waals surface area (Å²) in [6.45, 7) is 3.18. The summed E-state index contributed by atoms with van der Waals surface area (Å²) in [7, 11) is 0. The molecule has 1 unspecified atom stereocenters. The van der Waals surface area contributed by atoms with Gasteiger partial charge in [-0.3, -0.25) is 0 Å². The Morgan fingerprint density at radius 1 is 1.27 bits per heavy atom. The van der Waals surface area contributed by atoms with E-state index in [1.807, 2.05) is 6.92 Å². The number of urea groups is 1. The Bertz CT molecular complexity index is 506. The molecule has 2 rings (SSSR count). The van der Waals surface area contributed by atoms with Crippen molar-refractivity contribution in [1.29, 1.82) is 0 Å². The van der Waals surface area contributed by atoms with E-state index in [9.17, 15) is 18.0 Å². The van der Waals surface area contributed by atoms with Crippen LogP contribution >= 0.6 is 0 Å². The SMILES string of the molecule is CC(N)C1CCN(C(=O)Nc2ccc(C(F)(F)F)cc2)CC1. The third-order valence-corrected chi connectivity index (χ3v) is 4.03. The topological polar surface area (TPSA) is 58.4 Å². The zero-order valence-corrected chi connectivity index (χ0v) is 12.4. The second-order valence-electron chi connectivity index (χ2n) is 5.69. The summed E-state index contributed by atoms with van der Waals surface area (Å²) in [5.74, 6) is 0.412. The molecule has 22 heavy (non-hydrogen) atoms. The molecule has 122 valence electrons. The van der Waals surface area contributed by atoms with Crippen molar-refractivity contribution in [2.45, 2.75) is 32.0 Å². The van der Waals surface area contributed by atoms with Crippen LogP contribution in [0.4, 0.5) is 23.7 Å². The molecule has 4 nitrogen and oxygen atoms in total. The monoisotopic (exact) mass is 315 g/mol. The molecule has 0 saturated carbocycles. The molecule has 0 bridgehead atoms. The van der Waals surface area contributed by atoms with Crippen LogP contribution in [-0.4, -0.2) is 30.1 Å². The van der Waals surface area contributed by atoms with E-state index in [0.717, 1.165) is 25.0 Å². The number of hydrogen-bond acceptors (Lipinski definition) is 2. The molecule has 1 heterocycles. The van der Waals surface area contributed by atoms with Crippen LogP contribution in [0.15, 0.2) is 24.3 Å². The molecule has 1 aromatic rings. The summed E-state index contributed by atoms with van der Waals surface area (Å²) >= 11 is 0. The van der Waals surface area contributed by atoms with Gasteiger partial charge in [0.1, 0.15) is 0 Å². The van der Waals surface area contributed by atoms with E-state index in [-0.39, 0.29) is 12.1 Å². The lowest BCUT2D eigenvalue weighted by Gasteiger charge is -2.33. The first-order valence-electron chi connectivity index (χ1n) is 7.26. The Hall–Kier alpha value is -1.76. The van der Waals surface area contributed by atoms with E-state index in [1.54, 1.807) is 4.90 Å². The maximum atomic E-state index is 12.5. The number of nitrogens with two attached hydrogens (primary N) is 1. The van der Waals surface area contributed by atoms with Crippen molar-refractivity contribution in [2.24, 2.45) is 11.7 Å². The summed E-state index contributed by atoms with van der Waals surface area (Å²) in [5, 5.41) is 2.62. The lowest BCUT2D eigenvalue weighted by molar-refractivity contribution is -0.137. The van der Waals surface area contributed by atoms with Gasteiger partial charge in [-0.15, -0.1) is 0 Å². The van der Waals surface area contributed by atoms with Crippen LogP contribution in [0, 0.1) is 5.92 Å². The van der Waals surface area contributed by atoms with Gasteiger partial charge in [0.25, 0.3) is 0 Å². The summed E-state index contributed by atoms with van der Waals surface area (Å²) in [6.07, 6.45) is -2.68. The highest BCUT2D eigenvalue weighted by molar-refractivity contribution is 5.89. The minimum absolute atomic E-state index is 0.111. The molecule has 3 N–H and O–H groups in total. The van der Waals surface area contributed by atoms with Crippen molar-refractivity contribution >= 4 is 11.7 Å². The third-order valence-electron chi connectivity index (χ3n) is 4.03. The van der Waals surface area contributed by atoms with Crippen LogP contribution in [-0.2, 0) is 6.18 Å². The van der Waals surface area contributed by atoms with E-state index in [0.29, 0.717) is 24.7 Å². The molecular formula is C15H20F3N3O. The number of alkyl halides is 3. The molecule has 1 aliphatic rings. The zero-order chi connectivity index (χ0) is 16.3. The number of anilines is 1. The maximum absolute atomic E-state index is 12.5. The molecule has 0 aliphatic carbocycles. The molecule has 7 heteroatoms. The van der Waals surface area contributed by atoms with E-state index >= 15 is 0 Å². The summed E-state index contributed by atoms with van der Waals surface area (Å²) in [5.41, 5.74) is 5.47. The third kappa shape index (κ3) is 4.13. The molecule has 0 aromatic heterocycles. The Morgan fingerprint density at radius 3 is 2.27 bits per heavy atom. The summed E-state index contributed by atoms with van der Waals surface area (Å²) in [4.78, 5) is 13.8. The van der Waals surface area contributed by atoms with E-state index in [4.69, 9.17) is 5.73 Å². The minimum atomic E-state index is -4.37. The van der Waals surface area contributed by atoms with Gasteiger partial charge in [-0.25, -0.2) is 4.79 Å². The van der Waals surface area contributed by atoms with E-state index in [2.05, 4.69) is 5.32 Å². The standard InChI is InChI=1S/C15H20F3N3O/c1-10(19)11-6-8-21(9-7-11)14(22)20-13-4-2-12(3-5-13)15(16,17)18/h2-5,10-11H,6-9,19H2,1H3,(H,20,22). The first-order chi connectivity index (χ1) is 10.3. The molecular weight excluding hydrogens is 295 g/mol. The average Bonchev–Trinajstić information content (AvgIpc) is 2.47. The summed E-state index contributed by atoms with van der Waals surface area (Å²) < 4.78 is 37.4. The van der Waals surface area contributed by atoms with Gasteiger partial charge < -0.3 is 16.0 Å². The quantitative estimate of drug-likeness (QED) is 0.880. The predicted molar refractivity (Wildman–Crippen MR) is 78.4 cm³/mol.